The minimum Gasteiger partial charge on any atom is -0.494 e. The van der Waals surface area contributed by atoms with Gasteiger partial charge >= 0.3 is 0 Å². The Kier molecular flexibility index (Phi) is 3.32. The van der Waals surface area contributed by atoms with E-state index in [2.05, 4.69) is 5.32 Å². The minimum atomic E-state index is -0.281. The maximum absolute atomic E-state index is 11.8. The predicted molar refractivity (Wildman–Crippen MR) is 64.5 cm³/mol. The fourth-order valence-electron chi connectivity index (χ4n) is 1.63. The molecule has 1 N–H and O–H groups in total. The second-order valence-electron chi connectivity index (χ2n) is 3.97. The SMILES string of the molecule is Cc1ccc(NC(=O)C2=COCCO2)c(C)c1. The monoisotopic (exact) mass is 233 g/mol. The molecule has 1 aromatic rings. The van der Waals surface area contributed by atoms with Crippen LogP contribution in [0.3, 0.4) is 0 Å². The molecule has 90 valence electrons. The summed E-state index contributed by atoms with van der Waals surface area (Å²) < 4.78 is 10.2. The van der Waals surface area contributed by atoms with Gasteiger partial charge in [0.1, 0.15) is 19.5 Å². The Bertz CT molecular complexity index is 466. The highest BCUT2D eigenvalue weighted by Gasteiger charge is 2.15. The van der Waals surface area contributed by atoms with Gasteiger partial charge in [0.15, 0.2) is 0 Å². The largest absolute Gasteiger partial charge is 0.494 e. The van der Waals surface area contributed by atoms with Crippen LogP contribution in [0.5, 0.6) is 0 Å². The molecule has 0 saturated heterocycles. The molecule has 0 saturated carbocycles. The van der Waals surface area contributed by atoms with E-state index < -0.39 is 0 Å². The number of carbonyl (C=O) groups is 1. The van der Waals surface area contributed by atoms with E-state index in [4.69, 9.17) is 9.47 Å². The number of hydrogen-bond acceptors (Lipinski definition) is 3. The lowest BCUT2D eigenvalue weighted by Crippen LogP contribution is -2.21. The van der Waals surface area contributed by atoms with Gasteiger partial charge in [-0.05, 0) is 25.5 Å². The van der Waals surface area contributed by atoms with Crippen LogP contribution >= 0.6 is 0 Å². The molecule has 0 aliphatic carbocycles. The Morgan fingerprint density at radius 1 is 1.29 bits per heavy atom. The van der Waals surface area contributed by atoms with Gasteiger partial charge in [0, 0.05) is 5.69 Å². The summed E-state index contributed by atoms with van der Waals surface area (Å²) in [6, 6.07) is 5.85. The lowest BCUT2D eigenvalue weighted by molar-refractivity contribution is -0.117. The van der Waals surface area contributed by atoms with E-state index >= 15 is 0 Å². The van der Waals surface area contributed by atoms with E-state index in [1.165, 1.54) is 6.26 Å². The number of ether oxygens (including phenoxy) is 2. The first-order valence-corrected chi connectivity index (χ1v) is 5.50. The summed E-state index contributed by atoms with van der Waals surface area (Å²) in [5.41, 5.74) is 2.98. The molecule has 0 fully saturated rings. The average Bonchev–Trinajstić information content (AvgIpc) is 2.34. The van der Waals surface area contributed by atoms with Gasteiger partial charge in [0.25, 0.3) is 5.91 Å². The number of amides is 1. The van der Waals surface area contributed by atoms with E-state index in [9.17, 15) is 4.79 Å². The van der Waals surface area contributed by atoms with Crippen LogP contribution in [0.1, 0.15) is 11.1 Å². The summed E-state index contributed by atoms with van der Waals surface area (Å²) in [7, 11) is 0. The van der Waals surface area contributed by atoms with Crippen LogP contribution in [0.25, 0.3) is 0 Å². The number of hydrogen-bond donors (Lipinski definition) is 1. The van der Waals surface area contributed by atoms with Crippen molar-refractivity contribution in [1.82, 2.24) is 0 Å². The number of carbonyl (C=O) groups excluding carboxylic acids is 1. The molecule has 0 spiro atoms. The summed E-state index contributed by atoms with van der Waals surface area (Å²) in [4.78, 5) is 11.8. The Morgan fingerprint density at radius 3 is 2.76 bits per heavy atom. The summed E-state index contributed by atoms with van der Waals surface area (Å²) in [6.45, 7) is 4.86. The van der Waals surface area contributed by atoms with E-state index in [1.807, 2.05) is 32.0 Å². The minimum absolute atomic E-state index is 0.219. The molecule has 2 rings (SSSR count). The van der Waals surface area contributed by atoms with E-state index in [0.717, 1.165) is 16.8 Å². The van der Waals surface area contributed by atoms with E-state index in [1.54, 1.807) is 0 Å². The fraction of sp³-hybridized carbons (Fsp3) is 0.308. The van der Waals surface area contributed by atoms with Crippen molar-refractivity contribution in [3.63, 3.8) is 0 Å². The molecule has 17 heavy (non-hydrogen) atoms. The van der Waals surface area contributed by atoms with Crippen LogP contribution in [0.4, 0.5) is 5.69 Å². The fourth-order valence-corrected chi connectivity index (χ4v) is 1.63. The Hall–Kier alpha value is -1.97. The zero-order chi connectivity index (χ0) is 12.3. The van der Waals surface area contributed by atoms with Gasteiger partial charge in [-0.15, -0.1) is 0 Å². The molecule has 0 bridgehead atoms. The normalized spacial score (nSPS) is 14.4. The van der Waals surface area contributed by atoms with Crippen LogP contribution in [-0.4, -0.2) is 19.1 Å². The molecule has 4 nitrogen and oxygen atoms in total. The van der Waals surface area contributed by atoms with Crippen LogP contribution in [-0.2, 0) is 14.3 Å². The first kappa shape index (κ1) is 11.5. The maximum atomic E-state index is 11.8. The van der Waals surface area contributed by atoms with Gasteiger partial charge in [0.05, 0.1) is 0 Å². The summed E-state index contributed by atoms with van der Waals surface area (Å²) in [6.07, 6.45) is 1.35. The first-order valence-electron chi connectivity index (χ1n) is 5.50. The lowest BCUT2D eigenvalue weighted by atomic mass is 10.1. The third-order valence-corrected chi connectivity index (χ3v) is 2.50. The molecule has 0 aromatic heterocycles. The highest BCUT2D eigenvalue weighted by Crippen LogP contribution is 2.17. The van der Waals surface area contributed by atoms with Gasteiger partial charge in [-0.2, -0.15) is 0 Å². The smallest absolute Gasteiger partial charge is 0.294 e. The van der Waals surface area contributed by atoms with Crippen LogP contribution < -0.4 is 5.32 Å². The molecule has 1 aromatic carbocycles. The Labute approximate surface area is 100 Å². The van der Waals surface area contributed by atoms with Crippen molar-refractivity contribution in [3.8, 4) is 0 Å². The lowest BCUT2D eigenvalue weighted by Gasteiger charge is -2.15. The van der Waals surface area contributed by atoms with Crippen LogP contribution in [0.15, 0.2) is 30.2 Å². The molecule has 0 unspecified atom stereocenters. The second-order valence-corrected chi connectivity index (χ2v) is 3.97. The third-order valence-electron chi connectivity index (χ3n) is 2.50. The number of anilines is 1. The van der Waals surface area contributed by atoms with E-state index in [0.29, 0.717) is 13.2 Å². The summed E-state index contributed by atoms with van der Waals surface area (Å²) in [5, 5.41) is 2.79. The zero-order valence-corrected chi connectivity index (χ0v) is 9.95. The van der Waals surface area contributed by atoms with Crippen molar-refractivity contribution in [2.75, 3.05) is 18.5 Å². The predicted octanol–water partition coefficient (Wildman–Crippen LogP) is 2.13. The molecule has 0 radical (unpaired) electrons. The first-order chi connectivity index (χ1) is 8.16. The Balaban J connectivity index is 2.10. The molecule has 4 heteroatoms. The molecular formula is C13H15NO3. The van der Waals surface area contributed by atoms with Crippen molar-refractivity contribution in [3.05, 3.63) is 41.3 Å². The summed E-state index contributed by atoms with van der Waals surface area (Å²) >= 11 is 0. The highest BCUT2D eigenvalue weighted by atomic mass is 16.6. The van der Waals surface area contributed by atoms with Crippen molar-refractivity contribution in [2.24, 2.45) is 0 Å². The summed E-state index contributed by atoms with van der Waals surface area (Å²) in [5.74, 6) is -0.0621. The quantitative estimate of drug-likeness (QED) is 0.851. The van der Waals surface area contributed by atoms with Crippen molar-refractivity contribution >= 4 is 11.6 Å². The molecule has 1 amide bonds. The molecule has 1 heterocycles. The topological polar surface area (TPSA) is 47.6 Å². The van der Waals surface area contributed by atoms with Gasteiger partial charge in [0.2, 0.25) is 5.76 Å². The number of aryl methyl sites for hydroxylation is 2. The molecule has 1 aliphatic heterocycles. The second kappa shape index (κ2) is 4.91. The van der Waals surface area contributed by atoms with Gasteiger partial charge in [-0.3, -0.25) is 4.79 Å². The van der Waals surface area contributed by atoms with Crippen LogP contribution in [0, 0.1) is 13.8 Å². The van der Waals surface area contributed by atoms with Crippen molar-refractivity contribution in [2.45, 2.75) is 13.8 Å². The Morgan fingerprint density at radius 2 is 2.12 bits per heavy atom. The van der Waals surface area contributed by atoms with Gasteiger partial charge in [-0.25, -0.2) is 0 Å². The zero-order valence-electron chi connectivity index (χ0n) is 9.95. The van der Waals surface area contributed by atoms with E-state index in [-0.39, 0.29) is 11.7 Å². The van der Waals surface area contributed by atoms with Crippen LogP contribution in [0.2, 0.25) is 0 Å². The van der Waals surface area contributed by atoms with Crippen molar-refractivity contribution < 1.29 is 14.3 Å². The molecular weight excluding hydrogens is 218 g/mol. The van der Waals surface area contributed by atoms with Gasteiger partial charge < -0.3 is 14.8 Å². The number of benzene rings is 1. The third kappa shape index (κ3) is 2.78. The van der Waals surface area contributed by atoms with Crippen molar-refractivity contribution in [1.29, 1.82) is 0 Å². The highest BCUT2D eigenvalue weighted by molar-refractivity contribution is 6.02. The standard InChI is InChI=1S/C13H15NO3/c1-9-3-4-11(10(2)7-9)14-13(15)12-8-16-5-6-17-12/h3-4,7-8H,5-6H2,1-2H3,(H,14,15). The number of nitrogens with one attached hydrogen (secondary N) is 1. The molecule has 0 atom stereocenters. The average molecular weight is 233 g/mol. The number of rotatable bonds is 2. The molecule has 1 aliphatic rings. The van der Waals surface area contributed by atoms with Gasteiger partial charge in [-0.1, -0.05) is 17.7 Å². The maximum Gasteiger partial charge on any atom is 0.294 e.